The van der Waals surface area contributed by atoms with Gasteiger partial charge in [0.25, 0.3) is 0 Å². The van der Waals surface area contributed by atoms with Crippen molar-refractivity contribution in [2.75, 3.05) is 17.2 Å². The number of hydrogen-bond donors (Lipinski definition) is 1. The van der Waals surface area contributed by atoms with E-state index in [-0.39, 0.29) is 5.91 Å². The van der Waals surface area contributed by atoms with Crippen LogP contribution in [0.15, 0.2) is 5.38 Å². The highest BCUT2D eigenvalue weighted by Gasteiger charge is 2.11. The summed E-state index contributed by atoms with van der Waals surface area (Å²) in [6, 6.07) is 0. The van der Waals surface area contributed by atoms with Crippen molar-refractivity contribution in [3.8, 4) is 0 Å². The average molecular weight is 185 g/mol. The molecule has 4 nitrogen and oxygen atoms in total. The molecule has 1 amide bonds. The van der Waals surface area contributed by atoms with E-state index in [0.717, 1.165) is 0 Å². The Kier molecular flexibility index (Phi) is 2.65. The molecule has 0 aliphatic heterocycles. The first-order valence-electron chi connectivity index (χ1n) is 3.64. The molecule has 1 rings (SSSR count). The van der Waals surface area contributed by atoms with Crippen molar-refractivity contribution in [1.29, 1.82) is 0 Å². The summed E-state index contributed by atoms with van der Waals surface area (Å²) in [5, 5.41) is 2.27. The Balaban J connectivity index is 2.87. The Morgan fingerprint density at radius 1 is 1.83 bits per heavy atom. The lowest BCUT2D eigenvalue weighted by Crippen LogP contribution is -2.28. The number of hydrogen-bond acceptors (Lipinski definition) is 4. The van der Waals surface area contributed by atoms with E-state index in [2.05, 4.69) is 4.98 Å². The number of rotatable bonds is 2. The fraction of sp³-hybridized carbons (Fsp3) is 0.429. The van der Waals surface area contributed by atoms with Crippen LogP contribution in [0.25, 0.3) is 0 Å². The van der Waals surface area contributed by atoms with Gasteiger partial charge >= 0.3 is 0 Å². The normalized spacial score (nSPS) is 9.83. The number of thiazole rings is 1. The summed E-state index contributed by atoms with van der Waals surface area (Å²) >= 11 is 1.34. The first-order chi connectivity index (χ1) is 5.65. The van der Waals surface area contributed by atoms with E-state index in [1.54, 1.807) is 10.3 Å². The van der Waals surface area contributed by atoms with E-state index in [1.807, 2.05) is 6.92 Å². The SMILES string of the molecule is CCN(C(C)=O)c1csc(N)n1. The van der Waals surface area contributed by atoms with Crippen LogP contribution < -0.4 is 10.6 Å². The maximum absolute atomic E-state index is 11.0. The predicted molar refractivity (Wildman–Crippen MR) is 50.2 cm³/mol. The molecule has 0 aromatic carbocycles. The second-order valence-electron chi connectivity index (χ2n) is 2.31. The van der Waals surface area contributed by atoms with Gasteiger partial charge in [0.05, 0.1) is 0 Å². The predicted octanol–water partition coefficient (Wildman–Crippen LogP) is 1.10. The van der Waals surface area contributed by atoms with E-state index >= 15 is 0 Å². The summed E-state index contributed by atoms with van der Waals surface area (Å²) in [6.07, 6.45) is 0. The monoisotopic (exact) mass is 185 g/mol. The molecule has 0 saturated carbocycles. The largest absolute Gasteiger partial charge is 0.375 e. The van der Waals surface area contributed by atoms with Gasteiger partial charge in [-0.15, -0.1) is 11.3 Å². The highest BCUT2D eigenvalue weighted by atomic mass is 32.1. The molecule has 0 radical (unpaired) electrons. The lowest BCUT2D eigenvalue weighted by Gasteiger charge is -2.14. The number of nitrogens with two attached hydrogens (primary N) is 1. The molecule has 12 heavy (non-hydrogen) atoms. The van der Waals surface area contributed by atoms with E-state index in [4.69, 9.17) is 5.73 Å². The number of carbonyl (C=O) groups excluding carboxylic acids is 1. The van der Waals surface area contributed by atoms with Crippen molar-refractivity contribution in [3.63, 3.8) is 0 Å². The Bertz CT molecular complexity index is 284. The van der Waals surface area contributed by atoms with E-state index in [9.17, 15) is 4.79 Å². The molecule has 0 unspecified atom stereocenters. The first kappa shape index (κ1) is 8.99. The average Bonchev–Trinajstić information content (AvgIpc) is 2.37. The highest BCUT2D eigenvalue weighted by molar-refractivity contribution is 7.13. The summed E-state index contributed by atoms with van der Waals surface area (Å²) in [5.41, 5.74) is 5.44. The lowest BCUT2D eigenvalue weighted by atomic mass is 10.5. The Morgan fingerprint density at radius 2 is 2.50 bits per heavy atom. The van der Waals surface area contributed by atoms with Crippen LogP contribution in [0, 0.1) is 0 Å². The Hall–Kier alpha value is -1.10. The van der Waals surface area contributed by atoms with Crippen molar-refractivity contribution < 1.29 is 4.79 Å². The molecule has 1 aromatic heterocycles. The topological polar surface area (TPSA) is 59.2 Å². The summed E-state index contributed by atoms with van der Waals surface area (Å²) in [7, 11) is 0. The number of aromatic nitrogens is 1. The summed E-state index contributed by atoms with van der Waals surface area (Å²) in [4.78, 5) is 16.6. The minimum Gasteiger partial charge on any atom is -0.375 e. The van der Waals surface area contributed by atoms with Gasteiger partial charge in [-0.05, 0) is 6.92 Å². The molecule has 0 bridgehead atoms. The number of amides is 1. The van der Waals surface area contributed by atoms with Crippen molar-refractivity contribution in [1.82, 2.24) is 4.98 Å². The zero-order chi connectivity index (χ0) is 9.14. The molecular formula is C7H11N3OS. The summed E-state index contributed by atoms with van der Waals surface area (Å²) in [6.45, 7) is 4.04. The molecule has 0 saturated heterocycles. The van der Waals surface area contributed by atoms with E-state index < -0.39 is 0 Å². The number of nitrogen functional groups attached to an aromatic ring is 1. The van der Waals surface area contributed by atoms with Gasteiger partial charge in [-0.3, -0.25) is 9.69 Å². The fourth-order valence-electron chi connectivity index (χ4n) is 0.949. The quantitative estimate of drug-likeness (QED) is 0.750. The van der Waals surface area contributed by atoms with Gasteiger partial charge in [-0.1, -0.05) is 0 Å². The van der Waals surface area contributed by atoms with E-state index in [0.29, 0.717) is 17.5 Å². The zero-order valence-corrected chi connectivity index (χ0v) is 7.89. The highest BCUT2D eigenvalue weighted by Crippen LogP contribution is 2.19. The van der Waals surface area contributed by atoms with Crippen molar-refractivity contribution >= 4 is 28.2 Å². The van der Waals surface area contributed by atoms with Crippen LogP contribution in [0.5, 0.6) is 0 Å². The second kappa shape index (κ2) is 3.53. The molecule has 66 valence electrons. The maximum Gasteiger partial charge on any atom is 0.225 e. The van der Waals surface area contributed by atoms with Crippen molar-refractivity contribution in [2.24, 2.45) is 0 Å². The van der Waals surface area contributed by atoms with Crippen LogP contribution in [-0.4, -0.2) is 17.4 Å². The molecule has 5 heteroatoms. The molecule has 0 aliphatic rings. The number of carbonyl (C=O) groups is 1. The van der Waals surface area contributed by atoms with Crippen LogP contribution in [0.4, 0.5) is 10.9 Å². The smallest absolute Gasteiger partial charge is 0.225 e. The number of anilines is 2. The van der Waals surface area contributed by atoms with Gasteiger partial charge in [0.2, 0.25) is 5.91 Å². The van der Waals surface area contributed by atoms with Crippen LogP contribution in [-0.2, 0) is 4.79 Å². The van der Waals surface area contributed by atoms with E-state index in [1.165, 1.54) is 18.3 Å². The Morgan fingerprint density at radius 3 is 2.83 bits per heavy atom. The molecule has 0 spiro atoms. The van der Waals surface area contributed by atoms with Gasteiger partial charge in [0.1, 0.15) is 5.82 Å². The van der Waals surface area contributed by atoms with Gasteiger partial charge in [0.15, 0.2) is 5.13 Å². The van der Waals surface area contributed by atoms with Crippen LogP contribution >= 0.6 is 11.3 Å². The minimum absolute atomic E-state index is 0.0113. The molecule has 0 aliphatic carbocycles. The summed E-state index contributed by atoms with van der Waals surface area (Å²) in [5.74, 6) is 0.635. The van der Waals surface area contributed by atoms with Crippen LogP contribution in [0.3, 0.4) is 0 Å². The second-order valence-corrected chi connectivity index (χ2v) is 3.20. The molecular weight excluding hydrogens is 174 g/mol. The first-order valence-corrected chi connectivity index (χ1v) is 4.52. The third-order valence-corrected chi connectivity index (χ3v) is 2.14. The van der Waals surface area contributed by atoms with Crippen LogP contribution in [0.1, 0.15) is 13.8 Å². The number of nitrogens with zero attached hydrogens (tertiary/aromatic N) is 2. The van der Waals surface area contributed by atoms with Crippen molar-refractivity contribution in [3.05, 3.63) is 5.38 Å². The third-order valence-electron chi connectivity index (χ3n) is 1.48. The molecule has 0 fully saturated rings. The van der Waals surface area contributed by atoms with Crippen LogP contribution in [0.2, 0.25) is 0 Å². The standard InChI is InChI=1S/C7H11N3OS/c1-3-10(5(2)11)6-4-12-7(8)9-6/h4H,3H2,1-2H3,(H2,8,9). The summed E-state index contributed by atoms with van der Waals surface area (Å²) < 4.78 is 0. The molecule has 0 atom stereocenters. The molecule has 1 heterocycles. The molecule has 1 aromatic rings. The van der Waals surface area contributed by atoms with Crippen molar-refractivity contribution in [2.45, 2.75) is 13.8 Å². The van der Waals surface area contributed by atoms with Gasteiger partial charge < -0.3 is 5.73 Å². The van der Waals surface area contributed by atoms with Gasteiger partial charge in [0, 0.05) is 18.8 Å². The maximum atomic E-state index is 11.0. The van der Waals surface area contributed by atoms with Gasteiger partial charge in [-0.2, -0.15) is 0 Å². The third kappa shape index (κ3) is 1.73. The minimum atomic E-state index is -0.0113. The fourth-order valence-corrected chi connectivity index (χ4v) is 1.50. The Labute approximate surface area is 75.0 Å². The lowest BCUT2D eigenvalue weighted by molar-refractivity contribution is -0.116. The van der Waals surface area contributed by atoms with Gasteiger partial charge in [-0.25, -0.2) is 4.98 Å². The zero-order valence-electron chi connectivity index (χ0n) is 7.07. The molecule has 2 N–H and O–H groups in total.